The molecule has 8 aromatic carbocycles. The first-order chi connectivity index (χ1) is 47.2. The standard InChI is InChI=1S/C19H16N6OS.C19H18N4OS.C19H17N3O2S.C12H10N3O3P.Al.Li.4H/c20-24-23-10-14-4-5-18-17(9-14)22-13-25(18)16-3-1-2-15(8-16)11-26-12-19-21-6-7-27-19;20-10-14-4-5-18-17(9-14)22-13-23(18)16-3-1-2-15(8-16)11-24-12-19-21-6-7-25-19;23-10-14-4-5-18-17(9-14)21-13-22(18)16-3-1-2-15(8-16)11-24-12-19-20-6-7-25-19;13-14-15-19(16,17-11-7-3-1-4-8-11)18-12-9-5-2-6-10-12;;;;;;/h1-9,13H,10-12H2;1-9,13H,10-12,20H2;1-9,13,23H,10-12H2;1-10H;;;;;;/q;;;;;+1;;;;-1. The van der Waals surface area contributed by atoms with E-state index in [0.29, 0.717) is 64.2 Å². The van der Waals surface area contributed by atoms with E-state index in [9.17, 15) is 9.67 Å². The molecular weight excluding hydrogens is 1330 g/mol. The molecule has 6 heterocycles. The van der Waals surface area contributed by atoms with E-state index in [1.54, 1.807) is 126 Å². The van der Waals surface area contributed by atoms with E-state index in [2.05, 4.69) is 90.7 Å². The Labute approximate surface area is 599 Å². The molecule has 3 N–H and O–H groups in total. The van der Waals surface area contributed by atoms with E-state index in [4.69, 9.17) is 40.1 Å². The van der Waals surface area contributed by atoms with Gasteiger partial charge in [-0.2, -0.15) is 0 Å². The van der Waals surface area contributed by atoms with Crippen LogP contribution in [0.25, 0.3) is 71.0 Å². The number of para-hydroxylation sites is 2. The van der Waals surface area contributed by atoms with E-state index < -0.39 is 7.75 Å². The maximum Gasteiger partial charge on any atom is 1.00 e. The fraction of sp³-hybridized carbons (Fsp3) is 0.130. The zero-order valence-electron chi connectivity index (χ0n) is 53.3. The largest absolute Gasteiger partial charge is 1.00 e. The first kappa shape index (κ1) is 72.7. The Morgan fingerprint density at radius 3 is 1.22 bits per heavy atom. The van der Waals surface area contributed by atoms with E-state index >= 15 is 0 Å². The fourth-order valence-electron chi connectivity index (χ4n) is 9.69. The Morgan fingerprint density at radius 2 is 0.857 bits per heavy atom. The van der Waals surface area contributed by atoms with Gasteiger partial charge in [-0.15, -0.1) is 34.0 Å². The van der Waals surface area contributed by atoms with Crippen molar-refractivity contribution in [3.63, 3.8) is 0 Å². The second-order valence-electron chi connectivity index (χ2n) is 20.8. The zero-order chi connectivity index (χ0) is 66.2. The minimum absolute atomic E-state index is 0. The van der Waals surface area contributed by atoms with Gasteiger partial charge in [0.1, 0.15) is 45.5 Å². The molecule has 98 heavy (non-hydrogen) atoms. The number of aliphatic hydroxyl groups is 1. The number of aromatic nitrogens is 9. The minimum Gasteiger partial charge on any atom is -1.00 e. The monoisotopic (exact) mass is 1390 g/mol. The van der Waals surface area contributed by atoms with Crippen LogP contribution < -0.4 is 33.6 Å². The third-order valence-corrected chi connectivity index (χ3v) is 17.6. The molecule has 490 valence electrons. The summed E-state index contributed by atoms with van der Waals surface area (Å²) in [6.07, 6.45) is 10.8. The second kappa shape index (κ2) is 37.2. The van der Waals surface area contributed by atoms with Crippen molar-refractivity contribution in [1.82, 2.24) is 43.6 Å². The van der Waals surface area contributed by atoms with Crippen molar-refractivity contribution in [2.24, 2.45) is 15.7 Å². The molecule has 0 amide bonds. The van der Waals surface area contributed by atoms with Gasteiger partial charge in [0.15, 0.2) is 17.4 Å². The number of thiazole rings is 3. The van der Waals surface area contributed by atoms with Crippen LogP contribution in [0, 0.1) is 0 Å². The molecule has 6 aromatic heterocycles. The molecule has 0 radical (unpaired) electrons. The van der Waals surface area contributed by atoms with Crippen LogP contribution in [0.5, 0.6) is 11.5 Å². The smallest absolute Gasteiger partial charge is 1.00 e. The summed E-state index contributed by atoms with van der Waals surface area (Å²) < 4.78 is 46.0. The summed E-state index contributed by atoms with van der Waals surface area (Å²) in [5, 5.41) is 21.7. The first-order valence-electron chi connectivity index (χ1n) is 29.7. The van der Waals surface area contributed by atoms with Crippen LogP contribution in [0.1, 0.15) is 49.8 Å². The van der Waals surface area contributed by atoms with E-state index in [1.165, 1.54) is 0 Å². The van der Waals surface area contributed by atoms with Crippen molar-refractivity contribution in [3.8, 4) is 28.6 Å². The number of benzene rings is 8. The van der Waals surface area contributed by atoms with Gasteiger partial charge in [-0.1, -0.05) is 96.1 Å². The summed E-state index contributed by atoms with van der Waals surface area (Å²) in [5.74, 6) is 0.600. The van der Waals surface area contributed by atoms with E-state index in [-0.39, 0.29) is 44.3 Å². The number of hydrogen-bond donors (Lipinski definition) is 2. The van der Waals surface area contributed by atoms with Crippen molar-refractivity contribution in [1.29, 1.82) is 0 Å². The number of hydrogen-bond acceptors (Lipinski definition) is 18. The topological polar surface area (TPSA) is 299 Å². The normalized spacial score (nSPS) is 10.7. The summed E-state index contributed by atoms with van der Waals surface area (Å²) >= 11 is 4.80. The Balaban J connectivity index is 0.000000168. The van der Waals surface area contributed by atoms with E-state index in [0.717, 1.165) is 98.6 Å². The molecule has 0 bridgehead atoms. The van der Waals surface area contributed by atoms with Crippen LogP contribution in [0.4, 0.5) is 0 Å². The van der Waals surface area contributed by atoms with Crippen LogP contribution in [0.15, 0.2) is 252 Å². The quantitative estimate of drug-likeness (QED) is 0.0187. The first-order valence-corrected chi connectivity index (χ1v) is 33.9. The second-order valence-corrected chi connectivity index (χ2v) is 25.2. The van der Waals surface area contributed by atoms with Gasteiger partial charge in [0.2, 0.25) is 0 Å². The maximum atomic E-state index is 12.3. The summed E-state index contributed by atoms with van der Waals surface area (Å²) in [7, 11) is -3.95. The van der Waals surface area contributed by atoms with Gasteiger partial charge in [-0.3, -0.25) is 13.7 Å². The average molecular weight is 1390 g/mol. The van der Waals surface area contributed by atoms with Crippen LogP contribution in [-0.4, -0.2) is 66.1 Å². The van der Waals surface area contributed by atoms with Crippen molar-refractivity contribution in [2.45, 2.75) is 59.3 Å². The Morgan fingerprint density at radius 1 is 0.469 bits per heavy atom. The molecule has 14 aromatic rings. The van der Waals surface area contributed by atoms with Crippen molar-refractivity contribution >= 4 is 92.2 Å². The van der Waals surface area contributed by atoms with E-state index in [1.807, 2.05) is 123 Å². The molecule has 23 nitrogen and oxygen atoms in total. The Kier molecular flexibility index (Phi) is 27.6. The van der Waals surface area contributed by atoms with Crippen molar-refractivity contribution in [2.75, 3.05) is 0 Å². The molecule has 29 heteroatoms. The number of fused-ring (bicyclic) bond motifs is 3. The van der Waals surface area contributed by atoms with Gasteiger partial charge in [-0.05, 0) is 142 Å². The predicted molar refractivity (Wildman–Crippen MR) is 384 cm³/mol. The summed E-state index contributed by atoms with van der Waals surface area (Å²) in [6.45, 7) is 4.07. The SMILES string of the molecule is NCc1ccc2c(c1)ncn2-c1cccc(COCc2nccs2)c1.OCc1ccc2c(c1)ncn2-c1cccc(COCc2nccs2)c1.[AlH3].[H-].[Li+].[N-]=[N+]=NCc1ccc2c(c1)ncn2-c1cccc(COCc2nccs2)c1.[N-]=[N+]=NP(=O)(Oc1ccccc1)Oc1ccccc1. The Hall–Kier alpha value is -9.56. The van der Waals surface area contributed by atoms with Crippen LogP contribution in [0.2, 0.25) is 0 Å². The summed E-state index contributed by atoms with van der Waals surface area (Å²) in [5.41, 5.74) is 37.7. The third kappa shape index (κ3) is 20.5. The molecular formula is C69H65AlLiN16O7PS3. The fourth-order valence-corrected chi connectivity index (χ4v) is 12.3. The number of nitrogens with zero attached hydrogens (tertiary/aromatic N) is 15. The van der Waals surface area contributed by atoms with Gasteiger partial charge >= 0.3 is 26.6 Å². The number of ether oxygens (including phenoxy) is 3. The number of nitrogens with two attached hydrogens (primary N) is 1. The molecule has 0 saturated carbocycles. The molecule has 0 atom stereocenters. The zero-order valence-corrected chi connectivity index (χ0v) is 55.7. The van der Waals surface area contributed by atoms with Crippen molar-refractivity contribution < 1.29 is 53.2 Å². The average Bonchev–Trinajstić information content (AvgIpc) is 1.69. The molecule has 0 fully saturated rings. The molecule has 0 saturated heterocycles. The summed E-state index contributed by atoms with van der Waals surface area (Å²) in [6, 6.07) is 59.3. The predicted octanol–water partition coefficient (Wildman–Crippen LogP) is 12.9. The molecule has 0 spiro atoms. The maximum absolute atomic E-state index is 12.3. The van der Waals surface area contributed by atoms with Crippen LogP contribution in [0.3, 0.4) is 0 Å². The van der Waals surface area contributed by atoms with Crippen LogP contribution in [-0.2, 0) is 78.1 Å². The molecule has 0 aliphatic carbocycles. The van der Waals surface area contributed by atoms with Gasteiger partial charge in [0, 0.05) is 73.0 Å². The van der Waals surface area contributed by atoms with Gasteiger partial charge in [0.05, 0.1) is 85.9 Å². The van der Waals surface area contributed by atoms with Gasteiger partial charge < -0.3 is 35.5 Å². The van der Waals surface area contributed by atoms with Crippen molar-refractivity contribution in [3.05, 3.63) is 311 Å². The molecule has 0 unspecified atom stereocenters. The molecule has 14 rings (SSSR count). The van der Waals surface area contributed by atoms with Crippen LogP contribution >= 0.6 is 41.8 Å². The third-order valence-electron chi connectivity index (χ3n) is 14.1. The number of imidazole rings is 3. The van der Waals surface area contributed by atoms with Gasteiger partial charge in [-0.25, -0.2) is 34.5 Å². The molecule has 0 aliphatic heterocycles. The number of aliphatic hydroxyl groups excluding tert-OH is 1. The summed E-state index contributed by atoms with van der Waals surface area (Å²) in [4.78, 5) is 34.5. The van der Waals surface area contributed by atoms with Gasteiger partial charge in [0.25, 0.3) is 0 Å². The minimum atomic E-state index is -3.95. The number of azide groups is 2. The number of rotatable bonds is 24. The molecule has 0 aliphatic rings. The Bertz CT molecular complexity index is 4730.